The van der Waals surface area contributed by atoms with E-state index < -0.39 is 5.97 Å². The first-order valence-electron chi connectivity index (χ1n) is 6.30. The highest BCUT2D eigenvalue weighted by Crippen LogP contribution is 2.28. The average molecular weight is 300 g/mol. The molecule has 3 aromatic rings. The van der Waals surface area contributed by atoms with E-state index in [2.05, 4.69) is 20.4 Å². The van der Waals surface area contributed by atoms with E-state index in [0.717, 1.165) is 22.6 Å². The third-order valence-electron chi connectivity index (χ3n) is 3.03. The van der Waals surface area contributed by atoms with Crippen molar-refractivity contribution in [2.45, 2.75) is 13.3 Å². The fourth-order valence-corrected chi connectivity index (χ4v) is 2.95. The maximum absolute atomic E-state index is 11.1. The van der Waals surface area contributed by atoms with Gasteiger partial charge in [0.2, 0.25) is 0 Å². The van der Waals surface area contributed by atoms with Crippen molar-refractivity contribution in [1.82, 2.24) is 20.4 Å². The lowest BCUT2D eigenvalue weighted by Crippen LogP contribution is -1.94. The summed E-state index contributed by atoms with van der Waals surface area (Å²) in [6, 6.07) is 9.90. The lowest BCUT2D eigenvalue weighted by atomic mass is 10.1. The van der Waals surface area contributed by atoms with Gasteiger partial charge in [-0.15, -0.1) is 11.3 Å². The number of nitrogens with zero attached hydrogens (tertiary/aromatic N) is 3. The molecular weight excluding hydrogens is 288 g/mol. The number of H-pyrrole nitrogens is 1. The van der Waals surface area contributed by atoms with Crippen molar-refractivity contribution in [1.29, 1.82) is 0 Å². The Balaban J connectivity index is 1.96. The third-order valence-corrected chi connectivity index (χ3v) is 4.18. The number of nitrogens with one attached hydrogen (secondary N) is 1. The molecule has 7 heteroatoms. The number of aryl methyl sites for hydroxylation is 1. The standard InChI is InChI=1S/C14H12N4O2S/c1-8-12(14(19)20)21-13(15-8)11-10(16-18-17-11)7-9-5-3-2-4-6-9/h2-6H,7H2,1H3,(H,19,20)(H,16,17,18). The molecule has 0 atom stereocenters. The smallest absolute Gasteiger partial charge is 0.347 e. The van der Waals surface area contributed by atoms with Gasteiger partial charge in [0.05, 0.1) is 11.4 Å². The fourth-order valence-electron chi connectivity index (χ4n) is 2.03. The average Bonchev–Trinajstić information content (AvgIpc) is 3.06. The van der Waals surface area contributed by atoms with Crippen molar-refractivity contribution in [3.63, 3.8) is 0 Å². The number of aromatic amines is 1. The molecule has 1 aromatic carbocycles. The number of aromatic nitrogens is 4. The largest absolute Gasteiger partial charge is 0.477 e. The minimum atomic E-state index is -0.968. The molecule has 2 heterocycles. The Morgan fingerprint density at radius 1 is 1.29 bits per heavy atom. The van der Waals surface area contributed by atoms with Crippen LogP contribution in [0.25, 0.3) is 10.7 Å². The quantitative estimate of drug-likeness (QED) is 0.772. The van der Waals surface area contributed by atoms with Crippen LogP contribution in [0.1, 0.15) is 26.6 Å². The van der Waals surface area contributed by atoms with E-state index >= 15 is 0 Å². The Morgan fingerprint density at radius 2 is 2.05 bits per heavy atom. The summed E-state index contributed by atoms with van der Waals surface area (Å²) in [6.45, 7) is 1.68. The van der Waals surface area contributed by atoms with Crippen LogP contribution in [-0.2, 0) is 6.42 Å². The fraction of sp³-hybridized carbons (Fsp3) is 0.143. The Labute approximate surface area is 124 Å². The van der Waals surface area contributed by atoms with Crippen LogP contribution >= 0.6 is 11.3 Å². The number of carbonyl (C=O) groups is 1. The normalized spacial score (nSPS) is 10.7. The zero-order chi connectivity index (χ0) is 14.8. The van der Waals surface area contributed by atoms with Crippen LogP contribution in [0.3, 0.4) is 0 Å². The van der Waals surface area contributed by atoms with Gasteiger partial charge in [0.1, 0.15) is 15.6 Å². The number of hydrogen-bond acceptors (Lipinski definition) is 5. The first-order valence-corrected chi connectivity index (χ1v) is 7.11. The number of carboxylic acid groups (broad SMARTS) is 1. The van der Waals surface area contributed by atoms with Crippen LogP contribution in [0.4, 0.5) is 0 Å². The lowest BCUT2D eigenvalue weighted by molar-refractivity contribution is 0.0701. The molecular formula is C14H12N4O2S. The van der Waals surface area contributed by atoms with Crippen LogP contribution in [0.2, 0.25) is 0 Å². The van der Waals surface area contributed by atoms with Crippen molar-refractivity contribution in [3.05, 3.63) is 52.2 Å². The predicted octanol–water partition coefficient (Wildman–Crippen LogP) is 2.53. The molecule has 0 aliphatic carbocycles. The van der Waals surface area contributed by atoms with Gasteiger partial charge >= 0.3 is 5.97 Å². The van der Waals surface area contributed by atoms with Crippen LogP contribution in [0, 0.1) is 6.92 Å². The summed E-state index contributed by atoms with van der Waals surface area (Å²) in [4.78, 5) is 15.6. The number of rotatable bonds is 4. The van der Waals surface area contributed by atoms with Crippen molar-refractivity contribution in [2.24, 2.45) is 0 Å². The molecule has 106 valence electrons. The highest BCUT2D eigenvalue weighted by Gasteiger charge is 2.19. The van der Waals surface area contributed by atoms with E-state index in [4.69, 9.17) is 5.11 Å². The van der Waals surface area contributed by atoms with Gasteiger partial charge in [0, 0.05) is 6.42 Å². The molecule has 0 spiro atoms. The summed E-state index contributed by atoms with van der Waals surface area (Å²) in [7, 11) is 0. The van der Waals surface area contributed by atoms with Gasteiger partial charge in [0.25, 0.3) is 0 Å². The zero-order valence-electron chi connectivity index (χ0n) is 11.2. The van der Waals surface area contributed by atoms with Gasteiger partial charge in [-0.25, -0.2) is 9.78 Å². The molecule has 0 saturated heterocycles. The molecule has 0 aliphatic rings. The molecule has 0 fully saturated rings. The maximum atomic E-state index is 11.1. The second-order valence-electron chi connectivity index (χ2n) is 4.52. The van der Waals surface area contributed by atoms with Gasteiger partial charge in [-0.3, -0.25) is 0 Å². The molecule has 0 bridgehead atoms. The van der Waals surface area contributed by atoms with E-state index in [0.29, 0.717) is 22.8 Å². The predicted molar refractivity (Wildman–Crippen MR) is 78.4 cm³/mol. The van der Waals surface area contributed by atoms with E-state index in [1.165, 1.54) is 0 Å². The third kappa shape index (κ3) is 2.68. The molecule has 21 heavy (non-hydrogen) atoms. The monoisotopic (exact) mass is 300 g/mol. The lowest BCUT2D eigenvalue weighted by Gasteiger charge is -1.98. The molecule has 0 amide bonds. The second kappa shape index (κ2) is 5.45. The van der Waals surface area contributed by atoms with Crippen LogP contribution in [0.5, 0.6) is 0 Å². The number of thiazole rings is 1. The van der Waals surface area contributed by atoms with Gasteiger partial charge in [0.15, 0.2) is 0 Å². The number of hydrogen-bond donors (Lipinski definition) is 2. The van der Waals surface area contributed by atoms with E-state index in [1.54, 1.807) is 6.92 Å². The van der Waals surface area contributed by atoms with Crippen LogP contribution < -0.4 is 0 Å². The van der Waals surface area contributed by atoms with E-state index in [1.807, 2.05) is 30.3 Å². The number of carboxylic acids is 1. The summed E-state index contributed by atoms with van der Waals surface area (Å²) >= 11 is 1.12. The molecule has 2 aromatic heterocycles. The molecule has 0 radical (unpaired) electrons. The van der Waals surface area contributed by atoms with Gasteiger partial charge in [-0.1, -0.05) is 30.3 Å². The summed E-state index contributed by atoms with van der Waals surface area (Å²) < 4.78 is 0. The summed E-state index contributed by atoms with van der Waals surface area (Å²) in [5.41, 5.74) is 2.97. The number of aromatic carboxylic acids is 1. The summed E-state index contributed by atoms with van der Waals surface area (Å²) in [5, 5.41) is 20.5. The maximum Gasteiger partial charge on any atom is 0.347 e. The second-order valence-corrected chi connectivity index (χ2v) is 5.52. The van der Waals surface area contributed by atoms with E-state index in [9.17, 15) is 4.79 Å². The van der Waals surface area contributed by atoms with Crippen molar-refractivity contribution >= 4 is 17.3 Å². The molecule has 2 N–H and O–H groups in total. The first kappa shape index (κ1) is 13.4. The topological polar surface area (TPSA) is 91.8 Å². The molecule has 0 unspecified atom stereocenters. The van der Waals surface area contributed by atoms with Crippen molar-refractivity contribution in [2.75, 3.05) is 0 Å². The van der Waals surface area contributed by atoms with Gasteiger partial charge in [-0.2, -0.15) is 15.4 Å². The molecule has 3 rings (SSSR count). The minimum absolute atomic E-state index is 0.235. The number of benzene rings is 1. The molecule has 0 aliphatic heterocycles. The molecule has 0 saturated carbocycles. The summed E-state index contributed by atoms with van der Waals surface area (Å²) in [5.74, 6) is -0.968. The van der Waals surface area contributed by atoms with Crippen molar-refractivity contribution in [3.8, 4) is 10.7 Å². The zero-order valence-corrected chi connectivity index (χ0v) is 12.0. The Bertz CT molecular complexity index is 779. The molecule has 6 nitrogen and oxygen atoms in total. The SMILES string of the molecule is Cc1nc(-c2n[nH]nc2Cc2ccccc2)sc1C(=O)O. The minimum Gasteiger partial charge on any atom is -0.477 e. The van der Waals surface area contributed by atoms with E-state index in [-0.39, 0.29) is 4.88 Å². The van der Waals surface area contributed by atoms with Gasteiger partial charge < -0.3 is 5.11 Å². The Kier molecular flexibility index (Phi) is 3.49. The van der Waals surface area contributed by atoms with Crippen LogP contribution in [0.15, 0.2) is 30.3 Å². The van der Waals surface area contributed by atoms with Crippen molar-refractivity contribution < 1.29 is 9.90 Å². The highest BCUT2D eigenvalue weighted by molar-refractivity contribution is 7.17. The Hall–Kier alpha value is -2.54. The highest BCUT2D eigenvalue weighted by atomic mass is 32.1. The van der Waals surface area contributed by atoms with Gasteiger partial charge in [-0.05, 0) is 12.5 Å². The summed E-state index contributed by atoms with van der Waals surface area (Å²) in [6.07, 6.45) is 0.619. The van der Waals surface area contributed by atoms with Crippen LogP contribution in [-0.4, -0.2) is 31.5 Å². The Morgan fingerprint density at radius 3 is 2.71 bits per heavy atom. The first-order chi connectivity index (χ1) is 10.1.